The number of hydrogen-bond donors (Lipinski definition) is 1. The van der Waals surface area contributed by atoms with Gasteiger partial charge in [0, 0.05) is 10.4 Å². The van der Waals surface area contributed by atoms with Gasteiger partial charge in [0.25, 0.3) is 0 Å². The van der Waals surface area contributed by atoms with Crippen molar-refractivity contribution in [3.8, 4) is 17.2 Å². The molecule has 0 aliphatic heterocycles. The van der Waals surface area contributed by atoms with Crippen molar-refractivity contribution in [2.24, 2.45) is 0 Å². The van der Waals surface area contributed by atoms with Crippen LogP contribution in [0.3, 0.4) is 0 Å². The Bertz CT molecular complexity index is 605. The van der Waals surface area contributed by atoms with Crippen molar-refractivity contribution >= 4 is 16.3 Å². The molecule has 0 atom stereocenters. The number of fused-ring (bicyclic) bond motifs is 3. The number of benzene rings is 1. The second-order valence-corrected chi connectivity index (χ2v) is 5.05. The largest absolute Gasteiger partial charge is 0.389 e. The third kappa shape index (κ3) is 1.17. The summed E-state index contributed by atoms with van der Waals surface area (Å²) in [6.07, 6.45) is 2.05. The van der Waals surface area contributed by atoms with Gasteiger partial charge in [0.1, 0.15) is 11.1 Å². The number of aryl methyl sites for hydroxylation is 2. The van der Waals surface area contributed by atoms with Gasteiger partial charge in [-0.15, -0.1) is 11.3 Å². The molecule has 0 amide bonds. The zero-order valence-corrected chi connectivity index (χ0v) is 9.47. The van der Waals surface area contributed by atoms with E-state index in [0.29, 0.717) is 10.6 Å². The molecule has 78 valence electrons. The van der Waals surface area contributed by atoms with Crippen LogP contribution in [-0.4, -0.2) is 0 Å². The summed E-state index contributed by atoms with van der Waals surface area (Å²) in [6, 6.07) is 10.5. The maximum Gasteiger partial charge on any atom is 0.105 e. The molecule has 1 heterocycles. The van der Waals surface area contributed by atoms with Crippen LogP contribution in [0.5, 0.6) is 0 Å². The fourth-order valence-electron chi connectivity index (χ4n) is 2.30. The molecule has 1 aliphatic carbocycles. The van der Waals surface area contributed by atoms with Gasteiger partial charge in [-0.3, -0.25) is 0 Å². The van der Waals surface area contributed by atoms with Crippen LogP contribution < -0.4 is 5.73 Å². The van der Waals surface area contributed by atoms with E-state index in [0.717, 1.165) is 18.4 Å². The molecule has 0 fully saturated rings. The Morgan fingerprint density at radius 3 is 2.88 bits per heavy atom. The predicted molar refractivity (Wildman–Crippen MR) is 66.3 cm³/mol. The van der Waals surface area contributed by atoms with E-state index in [9.17, 15) is 0 Å². The number of thiophene rings is 1. The van der Waals surface area contributed by atoms with Crippen LogP contribution in [0.25, 0.3) is 11.1 Å². The predicted octanol–water partition coefficient (Wildman–Crippen LogP) is 2.97. The summed E-state index contributed by atoms with van der Waals surface area (Å²) in [7, 11) is 0. The summed E-state index contributed by atoms with van der Waals surface area (Å²) in [6.45, 7) is 0. The minimum absolute atomic E-state index is 0.657. The van der Waals surface area contributed by atoms with Gasteiger partial charge >= 0.3 is 0 Å². The minimum Gasteiger partial charge on any atom is -0.389 e. The van der Waals surface area contributed by atoms with Gasteiger partial charge in [0.15, 0.2) is 0 Å². The molecular weight excluding hydrogens is 216 g/mol. The Hall–Kier alpha value is -1.79. The van der Waals surface area contributed by atoms with Crippen molar-refractivity contribution in [3.05, 3.63) is 40.3 Å². The molecule has 1 aromatic carbocycles. The summed E-state index contributed by atoms with van der Waals surface area (Å²) in [4.78, 5) is 1.26. The molecule has 1 aliphatic rings. The standard InChI is InChI=1S/C13H10N2S/c14-7-10-12-9-4-2-1-3-8(9)5-6-11(12)16-13(10)15/h1-4H,5-6,15H2. The van der Waals surface area contributed by atoms with Crippen LogP contribution in [0.15, 0.2) is 24.3 Å². The summed E-state index contributed by atoms with van der Waals surface area (Å²) < 4.78 is 0. The van der Waals surface area contributed by atoms with Crippen molar-refractivity contribution in [3.63, 3.8) is 0 Å². The number of hydrogen-bond acceptors (Lipinski definition) is 3. The Labute approximate surface area is 98.0 Å². The fourth-order valence-corrected chi connectivity index (χ4v) is 3.33. The van der Waals surface area contributed by atoms with Crippen LogP contribution in [-0.2, 0) is 12.8 Å². The summed E-state index contributed by atoms with van der Waals surface area (Å²) in [5.41, 5.74) is 10.1. The molecule has 2 aromatic rings. The van der Waals surface area contributed by atoms with E-state index in [1.807, 2.05) is 12.1 Å². The molecule has 0 saturated heterocycles. The Morgan fingerprint density at radius 1 is 1.25 bits per heavy atom. The second kappa shape index (κ2) is 3.36. The summed E-state index contributed by atoms with van der Waals surface area (Å²) in [5, 5.41) is 9.82. The maximum atomic E-state index is 9.17. The van der Waals surface area contributed by atoms with Crippen molar-refractivity contribution in [2.45, 2.75) is 12.8 Å². The highest BCUT2D eigenvalue weighted by Gasteiger charge is 2.23. The summed E-state index contributed by atoms with van der Waals surface area (Å²) >= 11 is 1.56. The van der Waals surface area contributed by atoms with E-state index < -0.39 is 0 Å². The zero-order valence-electron chi connectivity index (χ0n) is 8.66. The van der Waals surface area contributed by atoms with Crippen LogP contribution in [0.1, 0.15) is 16.0 Å². The summed E-state index contributed by atoms with van der Waals surface area (Å²) in [5.74, 6) is 0. The van der Waals surface area contributed by atoms with E-state index in [2.05, 4.69) is 18.2 Å². The quantitative estimate of drug-likeness (QED) is 0.750. The zero-order chi connectivity index (χ0) is 11.1. The molecular formula is C13H10N2S. The van der Waals surface area contributed by atoms with E-state index in [1.165, 1.54) is 16.0 Å². The number of nitrogens with zero attached hydrogens (tertiary/aromatic N) is 1. The normalized spacial score (nSPS) is 12.7. The molecule has 0 saturated carbocycles. The van der Waals surface area contributed by atoms with Gasteiger partial charge in [0.05, 0.1) is 5.56 Å². The highest BCUT2D eigenvalue weighted by molar-refractivity contribution is 7.16. The monoisotopic (exact) mass is 226 g/mol. The van der Waals surface area contributed by atoms with Crippen molar-refractivity contribution in [2.75, 3.05) is 5.73 Å². The average Bonchev–Trinajstić information content (AvgIpc) is 2.65. The molecule has 0 bridgehead atoms. The van der Waals surface area contributed by atoms with Gasteiger partial charge in [-0.25, -0.2) is 0 Å². The van der Waals surface area contributed by atoms with Crippen LogP contribution in [0.4, 0.5) is 5.00 Å². The van der Waals surface area contributed by atoms with Crippen molar-refractivity contribution in [1.29, 1.82) is 5.26 Å². The number of nitrogens with two attached hydrogens (primary N) is 1. The number of anilines is 1. The highest BCUT2D eigenvalue weighted by atomic mass is 32.1. The SMILES string of the molecule is N#Cc1c(N)sc2c1-c1ccccc1CC2. The third-order valence-electron chi connectivity index (χ3n) is 3.03. The lowest BCUT2D eigenvalue weighted by Gasteiger charge is -2.15. The van der Waals surface area contributed by atoms with E-state index >= 15 is 0 Å². The number of nitrogen functional groups attached to an aromatic ring is 1. The highest BCUT2D eigenvalue weighted by Crippen LogP contribution is 2.43. The molecule has 0 unspecified atom stereocenters. The van der Waals surface area contributed by atoms with Gasteiger partial charge in [-0.2, -0.15) is 5.26 Å². The van der Waals surface area contributed by atoms with E-state index in [1.54, 1.807) is 11.3 Å². The number of rotatable bonds is 0. The van der Waals surface area contributed by atoms with E-state index in [-0.39, 0.29) is 0 Å². The molecule has 16 heavy (non-hydrogen) atoms. The lowest BCUT2D eigenvalue weighted by atomic mass is 9.88. The van der Waals surface area contributed by atoms with Crippen LogP contribution in [0.2, 0.25) is 0 Å². The van der Waals surface area contributed by atoms with Crippen molar-refractivity contribution in [1.82, 2.24) is 0 Å². The Morgan fingerprint density at radius 2 is 2.06 bits per heavy atom. The minimum atomic E-state index is 0.657. The maximum absolute atomic E-state index is 9.17. The van der Waals surface area contributed by atoms with Gasteiger partial charge in [0.2, 0.25) is 0 Å². The van der Waals surface area contributed by atoms with Gasteiger partial charge in [-0.1, -0.05) is 24.3 Å². The first-order chi connectivity index (χ1) is 7.81. The van der Waals surface area contributed by atoms with Crippen LogP contribution >= 0.6 is 11.3 Å². The molecule has 3 heteroatoms. The van der Waals surface area contributed by atoms with Crippen molar-refractivity contribution < 1.29 is 0 Å². The molecule has 0 radical (unpaired) electrons. The first-order valence-electron chi connectivity index (χ1n) is 5.20. The lowest BCUT2D eigenvalue weighted by Crippen LogP contribution is -2.01. The molecule has 2 N–H and O–H groups in total. The lowest BCUT2D eigenvalue weighted by molar-refractivity contribution is 0.963. The average molecular weight is 226 g/mol. The topological polar surface area (TPSA) is 49.8 Å². The second-order valence-electron chi connectivity index (χ2n) is 3.91. The van der Waals surface area contributed by atoms with Gasteiger partial charge < -0.3 is 5.73 Å². The molecule has 3 rings (SSSR count). The first-order valence-corrected chi connectivity index (χ1v) is 6.02. The smallest absolute Gasteiger partial charge is 0.105 e. The van der Waals surface area contributed by atoms with E-state index in [4.69, 9.17) is 11.0 Å². The Kier molecular flexibility index (Phi) is 1.98. The van der Waals surface area contributed by atoms with Gasteiger partial charge in [-0.05, 0) is 24.0 Å². The van der Waals surface area contributed by atoms with Crippen LogP contribution in [0, 0.1) is 11.3 Å². The molecule has 0 spiro atoms. The third-order valence-corrected chi connectivity index (χ3v) is 4.11. The molecule has 1 aromatic heterocycles. The number of nitriles is 1. The first kappa shape index (κ1) is 9.44. The fraction of sp³-hybridized carbons (Fsp3) is 0.154. The Balaban J connectivity index is 2.35. The molecule has 2 nitrogen and oxygen atoms in total.